The number of hydrogen-bond acceptors (Lipinski definition) is 1. The largest absolute Gasteiger partial charge is 0.335 e. The fraction of sp³-hybridized carbons (Fsp3) is 0.933. The second-order valence-corrected chi connectivity index (χ2v) is 6.83. The Morgan fingerprint density at radius 3 is 2.24 bits per heavy atom. The summed E-state index contributed by atoms with van der Waals surface area (Å²) in [5, 5.41) is 0. The molecule has 2 aliphatic carbocycles. The molecule has 0 aliphatic heterocycles. The van der Waals surface area contributed by atoms with Crippen molar-refractivity contribution in [2.24, 2.45) is 22.7 Å². The highest BCUT2D eigenvalue weighted by molar-refractivity contribution is 5.91. The van der Waals surface area contributed by atoms with E-state index in [-0.39, 0.29) is 10.8 Å². The van der Waals surface area contributed by atoms with Crippen LogP contribution >= 0.6 is 0 Å². The molecule has 0 aromatic heterocycles. The summed E-state index contributed by atoms with van der Waals surface area (Å²) in [6, 6.07) is 0. The lowest BCUT2D eigenvalue weighted by Gasteiger charge is -2.32. The normalized spacial score (nSPS) is 39.3. The van der Waals surface area contributed by atoms with Crippen LogP contribution in [0.5, 0.6) is 0 Å². The van der Waals surface area contributed by atoms with Gasteiger partial charge in [0, 0.05) is 5.41 Å². The van der Waals surface area contributed by atoms with Gasteiger partial charge in [0.1, 0.15) is 5.78 Å². The fourth-order valence-corrected chi connectivity index (χ4v) is 4.36. The molecule has 1 N–H and O–H groups in total. The third-order valence-electron chi connectivity index (χ3n) is 6.18. The van der Waals surface area contributed by atoms with Crippen molar-refractivity contribution in [2.45, 2.75) is 47.5 Å². The van der Waals surface area contributed by atoms with Crippen molar-refractivity contribution in [3.05, 3.63) is 0 Å². The molecule has 0 aromatic rings. The summed E-state index contributed by atoms with van der Waals surface area (Å²) >= 11 is 0. The summed E-state index contributed by atoms with van der Waals surface area (Å²) in [5.74, 6) is 1.53. The molecule has 2 rings (SSSR count). The molecule has 0 heterocycles. The Labute approximate surface area is 106 Å². The lowest BCUT2D eigenvalue weighted by atomic mass is 9.70. The van der Waals surface area contributed by atoms with Gasteiger partial charge in [0.25, 0.3) is 0 Å². The molecule has 17 heavy (non-hydrogen) atoms. The minimum atomic E-state index is -0.0328. The molecule has 2 heteroatoms. The Bertz CT molecular complexity index is 319. The Balaban J connectivity index is 2.20. The van der Waals surface area contributed by atoms with Gasteiger partial charge in [-0.25, -0.2) is 0 Å². The van der Waals surface area contributed by atoms with Crippen molar-refractivity contribution in [3.63, 3.8) is 0 Å². The number of quaternary nitrogens is 1. The van der Waals surface area contributed by atoms with Crippen LogP contribution in [0.4, 0.5) is 0 Å². The first-order valence-electron chi connectivity index (χ1n) is 7.26. The van der Waals surface area contributed by atoms with Gasteiger partial charge >= 0.3 is 0 Å². The second-order valence-electron chi connectivity index (χ2n) is 6.83. The topological polar surface area (TPSA) is 21.5 Å². The summed E-state index contributed by atoms with van der Waals surface area (Å²) in [5.41, 5.74) is 0.191. The molecule has 0 spiro atoms. The Morgan fingerprint density at radius 1 is 1.24 bits per heavy atom. The third kappa shape index (κ3) is 1.60. The van der Waals surface area contributed by atoms with E-state index in [1.807, 2.05) is 0 Å². The molecule has 0 saturated heterocycles. The highest BCUT2D eigenvalue weighted by Gasteiger charge is 2.66. The molecule has 2 fully saturated rings. The van der Waals surface area contributed by atoms with E-state index in [0.29, 0.717) is 17.6 Å². The molecular formula is C15H28NO+. The zero-order valence-electron chi connectivity index (χ0n) is 12.1. The predicted octanol–water partition coefficient (Wildman–Crippen LogP) is 1.55. The SMILES string of the molecule is CC[NH+](CC)C[C@H]1C(=O)[C@]2(C)CC[C@@H]1C2(C)C. The monoisotopic (exact) mass is 238 g/mol. The first kappa shape index (κ1) is 13.1. The number of Topliss-reactive ketones (excluding diaryl/α,β-unsaturated/α-hetero) is 1. The first-order chi connectivity index (χ1) is 7.88. The number of carbonyl (C=O) groups is 1. The van der Waals surface area contributed by atoms with Gasteiger partial charge in [-0.2, -0.15) is 0 Å². The number of hydrogen-bond donors (Lipinski definition) is 1. The van der Waals surface area contributed by atoms with E-state index in [0.717, 1.165) is 26.1 Å². The van der Waals surface area contributed by atoms with E-state index in [1.165, 1.54) is 6.42 Å². The van der Waals surface area contributed by atoms with Crippen molar-refractivity contribution in [2.75, 3.05) is 19.6 Å². The zero-order chi connectivity index (χ0) is 12.8. The lowest BCUT2D eigenvalue weighted by Crippen LogP contribution is -3.12. The zero-order valence-corrected chi connectivity index (χ0v) is 12.1. The van der Waals surface area contributed by atoms with E-state index in [1.54, 1.807) is 4.90 Å². The molecule has 0 radical (unpaired) electrons. The lowest BCUT2D eigenvalue weighted by molar-refractivity contribution is -0.899. The maximum atomic E-state index is 12.7. The van der Waals surface area contributed by atoms with Gasteiger partial charge in [0.2, 0.25) is 0 Å². The van der Waals surface area contributed by atoms with Gasteiger partial charge < -0.3 is 4.90 Å². The second kappa shape index (κ2) is 4.08. The maximum Gasteiger partial charge on any atom is 0.148 e. The van der Waals surface area contributed by atoms with Crippen molar-refractivity contribution in [1.29, 1.82) is 0 Å². The molecular weight excluding hydrogens is 210 g/mol. The van der Waals surface area contributed by atoms with Crippen LogP contribution in [0.15, 0.2) is 0 Å². The standard InChI is InChI=1S/C15H27NO/c1-6-16(7-2)10-11-12-8-9-15(5,13(11)17)14(12,3)4/h11-12H,6-10H2,1-5H3/p+1/t11-,12+,15+/m1/s1. The molecule has 2 aliphatic rings. The summed E-state index contributed by atoms with van der Waals surface area (Å²) in [6.07, 6.45) is 2.38. The molecule has 0 aromatic carbocycles. The van der Waals surface area contributed by atoms with Gasteiger partial charge in [-0.3, -0.25) is 4.79 Å². The Kier molecular flexibility index (Phi) is 3.14. The summed E-state index contributed by atoms with van der Waals surface area (Å²) in [6.45, 7) is 14.7. The minimum absolute atomic E-state index is 0.0328. The van der Waals surface area contributed by atoms with Crippen LogP contribution in [0, 0.1) is 22.7 Å². The fourth-order valence-electron chi connectivity index (χ4n) is 4.36. The molecule has 2 nitrogen and oxygen atoms in total. The molecule has 0 unspecified atom stereocenters. The number of nitrogens with one attached hydrogen (secondary N) is 1. The van der Waals surface area contributed by atoms with Crippen LogP contribution in [0.3, 0.4) is 0 Å². The van der Waals surface area contributed by atoms with E-state index in [4.69, 9.17) is 0 Å². The number of fused-ring (bicyclic) bond motifs is 2. The van der Waals surface area contributed by atoms with Gasteiger partial charge in [-0.15, -0.1) is 0 Å². The molecule has 2 saturated carbocycles. The van der Waals surface area contributed by atoms with Gasteiger partial charge in [-0.1, -0.05) is 20.8 Å². The summed E-state index contributed by atoms with van der Waals surface area (Å²) < 4.78 is 0. The predicted molar refractivity (Wildman–Crippen MR) is 70.0 cm³/mol. The van der Waals surface area contributed by atoms with E-state index in [9.17, 15) is 4.79 Å². The molecule has 0 amide bonds. The van der Waals surface area contributed by atoms with E-state index in [2.05, 4.69) is 34.6 Å². The van der Waals surface area contributed by atoms with Crippen molar-refractivity contribution in [1.82, 2.24) is 0 Å². The molecule has 3 atom stereocenters. The average Bonchev–Trinajstić information content (AvgIpc) is 2.59. The Morgan fingerprint density at radius 2 is 1.82 bits per heavy atom. The smallest absolute Gasteiger partial charge is 0.148 e. The number of rotatable bonds is 4. The maximum absolute atomic E-state index is 12.7. The number of ketones is 1. The quantitative estimate of drug-likeness (QED) is 0.788. The van der Waals surface area contributed by atoms with Crippen molar-refractivity contribution < 1.29 is 9.69 Å². The first-order valence-corrected chi connectivity index (χ1v) is 7.26. The van der Waals surface area contributed by atoms with Gasteiger partial charge in [-0.05, 0) is 38.0 Å². The third-order valence-corrected chi connectivity index (χ3v) is 6.18. The summed E-state index contributed by atoms with van der Waals surface area (Å²) in [4.78, 5) is 14.2. The minimum Gasteiger partial charge on any atom is -0.335 e. The van der Waals surface area contributed by atoms with E-state index >= 15 is 0 Å². The van der Waals surface area contributed by atoms with Crippen LogP contribution in [0.1, 0.15) is 47.5 Å². The van der Waals surface area contributed by atoms with Crippen LogP contribution in [0.2, 0.25) is 0 Å². The van der Waals surface area contributed by atoms with Crippen molar-refractivity contribution >= 4 is 5.78 Å². The van der Waals surface area contributed by atoms with Crippen molar-refractivity contribution in [3.8, 4) is 0 Å². The van der Waals surface area contributed by atoms with Gasteiger partial charge in [0.15, 0.2) is 0 Å². The van der Waals surface area contributed by atoms with Gasteiger partial charge in [0.05, 0.1) is 25.6 Å². The number of carbonyl (C=O) groups excluding carboxylic acids is 1. The molecule has 2 bridgehead atoms. The van der Waals surface area contributed by atoms with Crippen LogP contribution in [-0.4, -0.2) is 25.4 Å². The highest BCUT2D eigenvalue weighted by Crippen LogP contribution is 2.65. The van der Waals surface area contributed by atoms with Crippen LogP contribution < -0.4 is 4.90 Å². The van der Waals surface area contributed by atoms with E-state index < -0.39 is 0 Å². The summed E-state index contributed by atoms with van der Waals surface area (Å²) in [7, 11) is 0. The average molecular weight is 238 g/mol. The highest BCUT2D eigenvalue weighted by atomic mass is 16.1. The van der Waals surface area contributed by atoms with Crippen LogP contribution in [-0.2, 0) is 4.79 Å². The molecule has 98 valence electrons. The van der Waals surface area contributed by atoms with Crippen LogP contribution in [0.25, 0.3) is 0 Å². The Hall–Kier alpha value is -0.370.